The smallest absolute Gasteiger partial charge is 0.413 e. The Labute approximate surface area is 133 Å². The van der Waals surface area contributed by atoms with Crippen molar-refractivity contribution in [2.75, 3.05) is 7.11 Å². The summed E-state index contributed by atoms with van der Waals surface area (Å²) in [6.07, 6.45) is -0.436. The molecule has 23 heavy (non-hydrogen) atoms. The molecule has 1 atom stereocenters. The first-order chi connectivity index (χ1) is 11.3. The van der Waals surface area contributed by atoms with Crippen molar-refractivity contribution in [1.29, 1.82) is 0 Å². The van der Waals surface area contributed by atoms with Crippen LogP contribution in [0.1, 0.15) is 17.2 Å². The van der Waals surface area contributed by atoms with Crippen molar-refractivity contribution >= 4 is 16.9 Å². The van der Waals surface area contributed by atoms with Gasteiger partial charge in [0.05, 0.1) is 13.2 Å². The Balaban J connectivity index is 1.91. The van der Waals surface area contributed by atoms with Gasteiger partial charge in [-0.05, 0) is 34.5 Å². The lowest BCUT2D eigenvalue weighted by atomic mass is 9.92. The van der Waals surface area contributed by atoms with E-state index < -0.39 is 6.09 Å². The van der Waals surface area contributed by atoms with Crippen molar-refractivity contribution in [1.82, 2.24) is 5.32 Å². The fourth-order valence-corrected chi connectivity index (χ4v) is 3.03. The maximum absolute atomic E-state index is 11.9. The van der Waals surface area contributed by atoms with Gasteiger partial charge in [-0.2, -0.15) is 0 Å². The molecule has 0 saturated carbocycles. The minimum Gasteiger partial charge on any atom is -0.497 e. The fourth-order valence-electron chi connectivity index (χ4n) is 3.03. The number of hydrogen-bond donors (Lipinski definition) is 1. The van der Waals surface area contributed by atoms with E-state index in [1.807, 2.05) is 54.6 Å². The van der Waals surface area contributed by atoms with Crippen LogP contribution < -0.4 is 14.8 Å². The van der Waals surface area contributed by atoms with Gasteiger partial charge in [0.15, 0.2) is 0 Å². The summed E-state index contributed by atoms with van der Waals surface area (Å²) in [6, 6.07) is 19.4. The molecule has 4 nitrogen and oxygen atoms in total. The number of carbonyl (C=O) groups excluding carboxylic acids is 1. The molecule has 1 aliphatic rings. The van der Waals surface area contributed by atoms with E-state index in [0.29, 0.717) is 5.75 Å². The topological polar surface area (TPSA) is 47.6 Å². The molecule has 0 aliphatic carbocycles. The predicted octanol–water partition coefficient (Wildman–Crippen LogP) is 4.04. The molecule has 114 valence electrons. The summed E-state index contributed by atoms with van der Waals surface area (Å²) in [7, 11) is 1.63. The molecule has 3 aromatic carbocycles. The highest BCUT2D eigenvalue weighted by Crippen LogP contribution is 2.39. The fraction of sp³-hybridized carbons (Fsp3) is 0.105. The molecule has 1 heterocycles. The molecule has 1 aliphatic heterocycles. The summed E-state index contributed by atoms with van der Waals surface area (Å²) in [6.45, 7) is 0. The summed E-state index contributed by atoms with van der Waals surface area (Å²) >= 11 is 0. The van der Waals surface area contributed by atoms with Crippen molar-refractivity contribution in [3.63, 3.8) is 0 Å². The second-order valence-corrected chi connectivity index (χ2v) is 5.44. The van der Waals surface area contributed by atoms with Crippen molar-refractivity contribution in [3.05, 3.63) is 71.8 Å². The first kappa shape index (κ1) is 13.6. The van der Waals surface area contributed by atoms with Crippen molar-refractivity contribution in [3.8, 4) is 11.5 Å². The third kappa shape index (κ3) is 2.28. The molecule has 1 N–H and O–H groups in total. The summed E-state index contributed by atoms with van der Waals surface area (Å²) in [5, 5.41) is 5.11. The average Bonchev–Trinajstić information content (AvgIpc) is 2.60. The molecule has 0 fully saturated rings. The van der Waals surface area contributed by atoms with Gasteiger partial charge in [-0.25, -0.2) is 4.79 Å². The zero-order valence-corrected chi connectivity index (χ0v) is 12.6. The van der Waals surface area contributed by atoms with Gasteiger partial charge in [-0.15, -0.1) is 0 Å². The lowest BCUT2D eigenvalue weighted by Gasteiger charge is -2.28. The number of methoxy groups -OCH3 is 1. The Kier molecular flexibility index (Phi) is 3.15. The number of ether oxygens (including phenoxy) is 2. The summed E-state index contributed by atoms with van der Waals surface area (Å²) in [5.41, 5.74) is 1.97. The second-order valence-electron chi connectivity index (χ2n) is 5.44. The normalized spacial score (nSPS) is 16.4. The van der Waals surface area contributed by atoms with E-state index in [-0.39, 0.29) is 6.04 Å². The van der Waals surface area contributed by atoms with Crippen molar-refractivity contribution in [2.45, 2.75) is 6.04 Å². The van der Waals surface area contributed by atoms with Gasteiger partial charge in [0.1, 0.15) is 11.5 Å². The Morgan fingerprint density at radius 1 is 1.00 bits per heavy atom. The predicted molar refractivity (Wildman–Crippen MR) is 87.9 cm³/mol. The molecule has 4 rings (SSSR count). The highest BCUT2D eigenvalue weighted by molar-refractivity contribution is 5.91. The molecule has 0 aromatic heterocycles. The largest absolute Gasteiger partial charge is 0.497 e. The summed E-state index contributed by atoms with van der Waals surface area (Å²) in [5.74, 6) is 1.39. The van der Waals surface area contributed by atoms with Crippen LogP contribution in [0.5, 0.6) is 11.5 Å². The van der Waals surface area contributed by atoms with Crippen LogP contribution in [0.25, 0.3) is 10.8 Å². The minimum absolute atomic E-state index is 0.247. The Morgan fingerprint density at radius 2 is 1.78 bits per heavy atom. The molecule has 0 bridgehead atoms. The van der Waals surface area contributed by atoms with Gasteiger partial charge in [0.2, 0.25) is 0 Å². The van der Waals surface area contributed by atoms with Crippen LogP contribution in [0.2, 0.25) is 0 Å². The number of rotatable bonds is 2. The standard InChI is InChI=1S/C19H15NO3/c1-22-14-9-6-13(7-10-14)18-17-15-5-3-2-4-12(15)8-11-16(17)23-19(21)20-18/h2-11,18H,1H3,(H,20,21). The Hall–Kier alpha value is -3.01. The molecule has 0 spiro atoms. The van der Waals surface area contributed by atoms with Crippen LogP contribution in [-0.2, 0) is 0 Å². The molecule has 0 radical (unpaired) electrons. The molecule has 3 aromatic rings. The van der Waals surface area contributed by atoms with E-state index in [4.69, 9.17) is 9.47 Å². The van der Waals surface area contributed by atoms with E-state index in [1.54, 1.807) is 7.11 Å². The van der Waals surface area contributed by atoms with E-state index in [0.717, 1.165) is 27.6 Å². The van der Waals surface area contributed by atoms with Gasteiger partial charge < -0.3 is 14.8 Å². The maximum atomic E-state index is 11.9. The molecule has 0 saturated heterocycles. The number of benzene rings is 3. The lowest BCUT2D eigenvalue weighted by molar-refractivity contribution is 0.191. The molecule has 4 heteroatoms. The van der Waals surface area contributed by atoms with Crippen molar-refractivity contribution < 1.29 is 14.3 Å². The Bertz CT molecular complexity index is 887. The summed E-state index contributed by atoms with van der Waals surface area (Å²) in [4.78, 5) is 11.9. The van der Waals surface area contributed by atoms with Crippen LogP contribution in [0, 0.1) is 0 Å². The number of amides is 1. The molecular weight excluding hydrogens is 290 g/mol. The van der Waals surface area contributed by atoms with Crippen LogP contribution in [0.3, 0.4) is 0 Å². The van der Waals surface area contributed by atoms with Gasteiger partial charge in [-0.3, -0.25) is 0 Å². The first-order valence-corrected chi connectivity index (χ1v) is 7.40. The van der Waals surface area contributed by atoms with Gasteiger partial charge >= 0.3 is 6.09 Å². The number of nitrogens with one attached hydrogen (secondary N) is 1. The monoisotopic (exact) mass is 305 g/mol. The first-order valence-electron chi connectivity index (χ1n) is 7.40. The van der Waals surface area contributed by atoms with Crippen LogP contribution in [-0.4, -0.2) is 13.2 Å². The summed E-state index contributed by atoms with van der Waals surface area (Å²) < 4.78 is 10.6. The maximum Gasteiger partial charge on any atom is 0.413 e. The van der Waals surface area contributed by atoms with E-state index in [2.05, 4.69) is 11.4 Å². The molecule has 1 unspecified atom stereocenters. The van der Waals surface area contributed by atoms with Crippen LogP contribution >= 0.6 is 0 Å². The van der Waals surface area contributed by atoms with Gasteiger partial charge in [0, 0.05) is 5.56 Å². The number of hydrogen-bond acceptors (Lipinski definition) is 3. The number of carbonyl (C=O) groups is 1. The van der Waals surface area contributed by atoms with E-state index >= 15 is 0 Å². The average molecular weight is 305 g/mol. The van der Waals surface area contributed by atoms with Crippen LogP contribution in [0.15, 0.2) is 60.7 Å². The highest BCUT2D eigenvalue weighted by Gasteiger charge is 2.29. The van der Waals surface area contributed by atoms with E-state index in [9.17, 15) is 4.79 Å². The molecular formula is C19H15NO3. The van der Waals surface area contributed by atoms with Crippen molar-refractivity contribution in [2.24, 2.45) is 0 Å². The van der Waals surface area contributed by atoms with E-state index in [1.165, 1.54) is 0 Å². The minimum atomic E-state index is -0.436. The highest BCUT2D eigenvalue weighted by atomic mass is 16.6. The third-order valence-electron chi connectivity index (χ3n) is 4.13. The van der Waals surface area contributed by atoms with Gasteiger partial charge in [-0.1, -0.05) is 42.5 Å². The zero-order chi connectivity index (χ0) is 15.8. The molecule has 1 amide bonds. The van der Waals surface area contributed by atoms with Crippen LogP contribution in [0.4, 0.5) is 4.79 Å². The quantitative estimate of drug-likeness (QED) is 0.777. The van der Waals surface area contributed by atoms with Gasteiger partial charge in [0.25, 0.3) is 0 Å². The second kappa shape index (κ2) is 5.32. The zero-order valence-electron chi connectivity index (χ0n) is 12.6. The Morgan fingerprint density at radius 3 is 2.57 bits per heavy atom. The third-order valence-corrected chi connectivity index (χ3v) is 4.13. The SMILES string of the molecule is COc1ccc(C2NC(=O)Oc3ccc4ccccc4c32)cc1. The lowest BCUT2D eigenvalue weighted by Crippen LogP contribution is -2.36. The number of fused-ring (bicyclic) bond motifs is 3.